The van der Waals surface area contributed by atoms with Gasteiger partial charge in [-0.2, -0.15) is 0 Å². The number of amides is 1. The van der Waals surface area contributed by atoms with Crippen molar-refractivity contribution >= 4 is 15.9 Å². The molecule has 1 atom stereocenters. The number of hydrogen-bond acceptors (Lipinski definition) is 3. The third-order valence-electron chi connectivity index (χ3n) is 5.89. The van der Waals surface area contributed by atoms with Gasteiger partial charge in [-0.25, -0.2) is 13.1 Å². The summed E-state index contributed by atoms with van der Waals surface area (Å²) in [5.74, 6) is -0.0657. The van der Waals surface area contributed by atoms with Crippen LogP contribution in [0.5, 0.6) is 0 Å². The van der Waals surface area contributed by atoms with E-state index in [0.717, 1.165) is 28.9 Å². The van der Waals surface area contributed by atoms with Crippen molar-refractivity contribution in [1.82, 2.24) is 14.2 Å². The van der Waals surface area contributed by atoms with Gasteiger partial charge in [0.1, 0.15) is 0 Å². The SMILES string of the molecule is Cc1ccc(S(=O)(=O)NCCC(=O)N2CCn3cccc3C2c2ccccc2)cc1C. The molecule has 0 aliphatic carbocycles. The second-order valence-electron chi connectivity index (χ2n) is 7.92. The summed E-state index contributed by atoms with van der Waals surface area (Å²) in [6, 6.07) is 18.9. The van der Waals surface area contributed by atoms with Crippen LogP contribution in [0.15, 0.2) is 71.8 Å². The minimum absolute atomic E-state index is 0.0626. The minimum atomic E-state index is -3.66. The molecule has 31 heavy (non-hydrogen) atoms. The van der Waals surface area contributed by atoms with Crippen LogP contribution in [-0.4, -0.2) is 36.9 Å². The number of aromatic nitrogens is 1. The van der Waals surface area contributed by atoms with Crippen LogP contribution in [0.4, 0.5) is 0 Å². The molecule has 162 valence electrons. The molecule has 0 saturated heterocycles. The molecule has 1 aliphatic rings. The summed E-state index contributed by atoms with van der Waals surface area (Å²) in [5.41, 5.74) is 4.07. The largest absolute Gasteiger partial charge is 0.348 e. The van der Waals surface area contributed by atoms with Gasteiger partial charge in [0.05, 0.1) is 10.9 Å². The van der Waals surface area contributed by atoms with E-state index in [9.17, 15) is 13.2 Å². The summed E-state index contributed by atoms with van der Waals surface area (Å²) in [6.07, 6.45) is 2.14. The van der Waals surface area contributed by atoms with Gasteiger partial charge in [0.15, 0.2) is 0 Å². The topological polar surface area (TPSA) is 71.4 Å². The number of nitrogens with one attached hydrogen (secondary N) is 1. The van der Waals surface area contributed by atoms with E-state index in [-0.39, 0.29) is 29.8 Å². The zero-order chi connectivity index (χ0) is 22.0. The average Bonchev–Trinajstić information content (AvgIpc) is 3.24. The van der Waals surface area contributed by atoms with Crippen LogP contribution in [0.2, 0.25) is 0 Å². The summed E-state index contributed by atoms with van der Waals surface area (Å²) >= 11 is 0. The van der Waals surface area contributed by atoms with E-state index in [1.54, 1.807) is 18.2 Å². The van der Waals surface area contributed by atoms with E-state index in [1.807, 2.05) is 67.4 Å². The number of aryl methyl sites for hydroxylation is 2. The number of carbonyl (C=O) groups excluding carboxylic acids is 1. The van der Waals surface area contributed by atoms with Crippen molar-refractivity contribution in [2.24, 2.45) is 0 Å². The predicted octanol–water partition coefficient (Wildman–Crippen LogP) is 3.41. The molecular weight excluding hydrogens is 410 g/mol. The molecule has 1 aliphatic heterocycles. The third kappa shape index (κ3) is 4.43. The highest BCUT2D eigenvalue weighted by Gasteiger charge is 2.31. The number of carbonyl (C=O) groups is 1. The minimum Gasteiger partial charge on any atom is -0.348 e. The Morgan fingerprint density at radius 3 is 2.52 bits per heavy atom. The molecule has 2 heterocycles. The second kappa shape index (κ2) is 8.69. The molecule has 0 spiro atoms. The van der Waals surface area contributed by atoms with Crippen LogP contribution >= 0.6 is 0 Å². The van der Waals surface area contributed by atoms with Crippen molar-refractivity contribution < 1.29 is 13.2 Å². The summed E-state index contributed by atoms with van der Waals surface area (Å²) in [7, 11) is -3.66. The standard InChI is InChI=1S/C24H27N3O3S/c1-18-10-11-21(17-19(18)2)31(29,30)25-13-12-23(28)27-16-15-26-14-6-9-22(26)24(27)20-7-4-3-5-8-20/h3-11,14,17,24-25H,12-13,15-16H2,1-2H3. The monoisotopic (exact) mass is 437 g/mol. The lowest BCUT2D eigenvalue weighted by Gasteiger charge is -2.37. The fraction of sp³-hybridized carbons (Fsp3) is 0.292. The number of rotatable bonds is 6. The lowest BCUT2D eigenvalue weighted by atomic mass is 9.99. The van der Waals surface area contributed by atoms with Crippen molar-refractivity contribution in [3.05, 3.63) is 89.2 Å². The number of benzene rings is 2. The highest BCUT2D eigenvalue weighted by molar-refractivity contribution is 7.89. The first-order valence-electron chi connectivity index (χ1n) is 10.4. The highest BCUT2D eigenvalue weighted by atomic mass is 32.2. The molecule has 1 aromatic heterocycles. The number of hydrogen-bond donors (Lipinski definition) is 1. The molecule has 6 nitrogen and oxygen atoms in total. The van der Waals surface area contributed by atoms with Gasteiger partial charge >= 0.3 is 0 Å². The van der Waals surface area contributed by atoms with Crippen LogP contribution in [0.25, 0.3) is 0 Å². The van der Waals surface area contributed by atoms with Gasteiger partial charge in [0, 0.05) is 37.9 Å². The third-order valence-corrected chi connectivity index (χ3v) is 7.35. The lowest BCUT2D eigenvalue weighted by molar-refractivity contribution is -0.133. The fourth-order valence-corrected chi connectivity index (χ4v) is 5.16. The summed E-state index contributed by atoms with van der Waals surface area (Å²) in [5, 5.41) is 0. The fourth-order valence-electron chi connectivity index (χ4n) is 4.04. The van der Waals surface area contributed by atoms with Gasteiger partial charge in [0.25, 0.3) is 0 Å². The van der Waals surface area contributed by atoms with E-state index < -0.39 is 10.0 Å². The molecule has 2 aromatic carbocycles. The number of nitrogens with zero attached hydrogens (tertiary/aromatic N) is 2. The first-order valence-corrected chi connectivity index (χ1v) is 11.9. The molecule has 1 N–H and O–H groups in total. The molecular formula is C24H27N3O3S. The highest BCUT2D eigenvalue weighted by Crippen LogP contribution is 2.32. The predicted molar refractivity (Wildman–Crippen MR) is 120 cm³/mol. The molecule has 7 heteroatoms. The van der Waals surface area contributed by atoms with Gasteiger partial charge < -0.3 is 9.47 Å². The van der Waals surface area contributed by atoms with Crippen LogP contribution in [0, 0.1) is 13.8 Å². The van der Waals surface area contributed by atoms with Crippen LogP contribution < -0.4 is 4.72 Å². The van der Waals surface area contributed by atoms with E-state index in [2.05, 4.69) is 9.29 Å². The summed E-state index contributed by atoms with van der Waals surface area (Å²) < 4.78 is 30.0. The normalized spacial score (nSPS) is 16.2. The Balaban J connectivity index is 1.47. The van der Waals surface area contributed by atoms with Gasteiger partial charge in [0.2, 0.25) is 15.9 Å². The molecule has 1 amide bonds. The number of fused-ring (bicyclic) bond motifs is 1. The smallest absolute Gasteiger partial charge is 0.240 e. The molecule has 0 radical (unpaired) electrons. The van der Waals surface area contributed by atoms with Crippen LogP contribution in [-0.2, 0) is 21.4 Å². The van der Waals surface area contributed by atoms with Crippen molar-refractivity contribution in [3.63, 3.8) is 0 Å². The Kier molecular flexibility index (Phi) is 5.98. The molecule has 3 aromatic rings. The van der Waals surface area contributed by atoms with E-state index in [0.29, 0.717) is 6.54 Å². The van der Waals surface area contributed by atoms with Crippen molar-refractivity contribution in [3.8, 4) is 0 Å². The molecule has 0 saturated carbocycles. The molecule has 1 unspecified atom stereocenters. The Labute approximate surface area is 183 Å². The molecule has 4 rings (SSSR count). The van der Waals surface area contributed by atoms with Crippen molar-refractivity contribution in [2.75, 3.05) is 13.1 Å². The van der Waals surface area contributed by atoms with E-state index in [1.165, 1.54) is 0 Å². The zero-order valence-electron chi connectivity index (χ0n) is 17.8. The lowest BCUT2D eigenvalue weighted by Crippen LogP contribution is -2.43. The number of sulfonamides is 1. The zero-order valence-corrected chi connectivity index (χ0v) is 18.6. The van der Waals surface area contributed by atoms with Crippen LogP contribution in [0.3, 0.4) is 0 Å². The first-order chi connectivity index (χ1) is 14.9. The maximum Gasteiger partial charge on any atom is 0.240 e. The second-order valence-corrected chi connectivity index (χ2v) is 9.69. The Morgan fingerprint density at radius 1 is 1.00 bits per heavy atom. The summed E-state index contributed by atoms with van der Waals surface area (Å²) in [6.45, 7) is 5.20. The van der Waals surface area contributed by atoms with Gasteiger partial charge in [-0.1, -0.05) is 36.4 Å². The van der Waals surface area contributed by atoms with Gasteiger partial charge in [-0.15, -0.1) is 0 Å². The van der Waals surface area contributed by atoms with Gasteiger partial charge in [-0.3, -0.25) is 4.79 Å². The quantitative estimate of drug-likeness (QED) is 0.642. The Hall–Kier alpha value is -2.90. The maximum atomic E-state index is 13.1. The van der Waals surface area contributed by atoms with Crippen LogP contribution in [0.1, 0.15) is 34.8 Å². The molecule has 0 bridgehead atoms. The maximum absolute atomic E-state index is 13.1. The van der Waals surface area contributed by atoms with Gasteiger partial charge in [-0.05, 0) is 54.8 Å². The first kappa shape index (κ1) is 21.3. The Morgan fingerprint density at radius 2 is 1.77 bits per heavy atom. The van der Waals surface area contributed by atoms with E-state index >= 15 is 0 Å². The Bertz CT molecular complexity index is 1190. The molecule has 0 fully saturated rings. The average molecular weight is 438 g/mol. The van der Waals surface area contributed by atoms with Crippen molar-refractivity contribution in [1.29, 1.82) is 0 Å². The van der Waals surface area contributed by atoms with E-state index in [4.69, 9.17) is 0 Å². The van der Waals surface area contributed by atoms with Crippen molar-refractivity contribution in [2.45, 2.75) is 37.8 Å². The summed E-state index contributed by atoms with van der Waals surface area (Å²) in [4.78, 5) is 15.2.